The largest absolute Gasteiger partial charge is 0.370 e. The Kier molecular flexibility index (Phi) is 4.31. The van der Waals surface area contributed by atoms with Gasteiger partial charge in [-0.1, -0.05) is 18.2 Å². The summed E-state index contributed by atoms with van der Waals surface area (Å²) in [5, 5.41) is 3.19. The van der Waals surface area contributed by atoms with Gasteiger partial charge >= 0.3 is 0 Å². The fourth-order valence-electron chi connectivity index (χ4n) is 1.67. The summed E-state index contributed by atoms with van der Waals surface area (Å²) in [6.07, 6.45) is 0.642. The summed E-state index contributed by atoms with van der Waals surface area (Å²) >= 11 is 3.40. The lowest BCUT2D eigenvalue weighted by atomic mass is 10.1. The van der Waals surface area contributed by atoms with Crippen LogP contribution in [0.1, 0.15) is 11.3 Å². The van der Waals surface area contributed by atoms with Gasteiger partial charge in [-0.05, 0) is 53.0 Å². The third-order valence-corrected chi connectivity index (χ3v) is 3.52. The van der Waals surface area contributed by atoms with E-state index in [-0.39, 0.29) is 5.82 Å². The molecule has 2 nitrogen and oxygen atoms in total. The summed E-state index contributed by atoms with van der Waals surface area (Å²) in [4.78, 5) is 4.37. The molecule has 0 radical (unpaired) electrons. The van der Waals surface area contributed by atoms with Crippen LogP contribution < -0.4 is 5.32 Å². The minimum Gasteiger partial charge on any atom is -0.370 e. The lowest BCUT2D eigenvalue weighted by Crippen LogP contribution is -2.07. The van der Waals surface area contributed by atoms with Gasteiger partial charge < -0.3 is 5.32 Å². The number of hydrogen-bond acceptors (Lipinski definition) is 2. The maximum absolute atomic E-state index is 13.4. The standard InChI is InChI=1S/C14H14BrFN2/c1-10-12(15)6-7-14(18-10)17-9-8-11-4-2-3-5-13(11)16/h2-7H,8-9H2,1H3,(H,17,18). The van der Waals surface area contributed by atoms with Crippen LogP contribution in [0.15, 0.2) is 40.9 Å². The predicted molar refractivity (Wildman–Crippen MR) is 75.3 cm³/mol. The summed E-state index contributed by atoms with van der Waals surface area (Å²) in [5.41, 5.74) is 1.66. The zero-order valence-corrected chi connectivity index (χ0v) is 11.7. The van der Waals surface area contributed by atoms with Crippen LogP contribution >= 0.6 is 15.9 Å². The number of anilines is 1. The molecule has 0 saturated carbocycles. The van der Waals surface area contributed by atoms with Crippen molar-refractivity contribution in [1.29, 1.82) is 0 Å². The number of pyridine rings is 1. The molecule has 0 fully saturated rings. The summed E-state index contributed by atoms with van der Waals surface area (Å²) in [6.45, 7) is 2.60. The Morgan fingerprint density at radius 2 is 2.00 bits per heavy atom. The molecule has 0 aliphatic rings. The van der Waals surface area contributed by atoms with Crippen molar-refractivity contribution in [3.63, 3.8) is 0 Å². The van der Waals surface area contributed by atoms with Crippen LogP contribution in [0.5, 0.6) is 0 Å². The monoisotopic (exact) mass is 308 g/mol. The van der Waals surface area contributed by atoms with Crippen LogP contribution in [0.4, 0.5) is 10.2 Å². The quantitative estimate of drug-likeness (QED) is 0.925. The van der Waals surface area contributed by atoms with Crippen LogP contribution in [0.25, 0.3) is 0 Å². The molecule has 0 unspecified atom stereocenters. The highest BCUT2D eigenvalue weighted by Gasteiger charge is 2.01. The predicted octanol–water partition coefficient (Wildman–Crippen LogP) is 3.95. The molecule has 1 N–H and O–H groups in total. The lowest BCUT2D eigenvalue weighted by molar-refractivity contribution is 0.610. The smallest absolute Gasteiger partial charge is 0.126 e. The van der Waals surface area contributed by atoms with E-state index >= 15 is 0 Å². The van der Waals surface area contributed by atoms with Crippen molar-refractivity contribution in [2.75, 3.05) is 11.9 Å². The van der Waals surface area contributed by atoms with Crippen molar-refractivity contribution in [3.05, 3.63) is 57.9 Å². The lowest BCUT2D eigenvalue weighted by Gasteiger charge is -2.07. The van der Waals surface area contributed by atoms with Gasteiger partial charge in [0, 0.05) is 11.0 Å². The maximum atomic E-state index is 13.4. The highest BCUT2D eigenvalue weighted by atomic mass is 79.9. The van der Waals surface area contributed by atoms with Gasteiger partial charge in [0.1, 0.15) is 11.6 Å². The van der Waals surface area contributed by atoms with Gasteiger partial charge in [-0.2, -0.15) is 0 Å². The molecule has 0 atom stereocenters. The van der Waals surface area contributed by atoms with E-state index in [1.807, 2.05) is 25.1 Å². The fraction of sp³-hybridized carbons (Fsp3) is 0.214. The minimum absolute atomic E-state index is 0.153. The van der Waals surface area contributed by atoms with E-state index in [2.05, 4.69) is 26.2 Å². The molecular formula is C14H14BrFN2. The van der Waals surface area contributed by atoms with E-state index in [1.54, 1.807) is 12.1 Å². The molecule has 94 valence electrons. The molecule has 0 spiro atoms. The molecule has 1 aromatic carbocycles. The summed E-state index contributed by atoms with van der Waals surface area (Å²) in [7, 11) is 0. The first-order valence-corrected chi connectivity index (χ1v) is 6.56. The van der Waals surface area contributed by atoms with E-state index in [1.165, 1.54) is 6.07 Å². The van der Waals surface area contributed by atoms with E-state index in [9.17, 15) is 4.39 Å². The molecule has 2 rings (SSSR count). The third kappa shape index (κ3) is 3.29. The zero-order valence-electron chi connectivity index (χ0n) is 10.1. The van der Waals surface area contributed by atoms with Crippen LogP contribution in [-0.4, -0.2) is 11.5 Å². The van der Waals surface area contributed by atoms with Crippen molar-refractivity contribution in [2.24, 2.45) is 0 Å². The molecule has 0 bridgehead atoms. The van der Waals surface area contributed by atoms with E-state index in [0.29, 0.717) is 13.0 Å². The molecule has 2 aromatic rings. The molecule has 4 heteroatoms. The second-order valence-electron chi connectivity index (χ2n) is 4.03. The minimum atomic E-state index is -0.153. The Labute approximate surface area is 114 Å². The van der Waals surface area contributed by atoms with Gasteiger partial charge in [0.2, 0.25) is 0 Å². The molecule has 0 amide bonds. The average Bonchev–Trinajstić information content (AvgIpc) is 2.36. The van der Waals surface area contributed by atoms with Gasteiger partial charge in [-0.25, -0.2) is 9.37 Å². The molecular weight excluding hydrogens is 295 g/mol. The number of aryl methyl sites for hydroxylation is 1. The second-order valence-corrected chi connectivity index (χ2v) is 4.89. The Balaban J connectivity index is 1.92. The zero-order chi connectivity index (χ0) is 13.0. The first-order valence-electron chi connectivity index (χ1n) is 5.77. The van der Waals surface area contributed by atoms with Gasteiger partial charge in [0.05, 0.1) is 5.69 Å². The normalized spacial score (nSPS) is 10.4. The van der Waals surface area contributed by atoms with Gasteiger partial charge in [-0.15, -0.1) is 0 Å². The average molecular weight is 309 g/mol. The van der Waals surface area contributed by atoms with Crippen LogP contribution in [0.2, 0.25) is 0 Å². The van der Waals surface area contributed by atoms with E-state index < -0.39 is 0 Å². The third-order valence-electron chi connectivity index (χ3n) is 2.68. The topological polar surface area (TPSA) is 24.9 Å². The molecule has 1 aromatic heterocycles. The fourth-order valence-corrected chi connectivity index (χ4v) is 1.89. The second kappa shape index (κ2) is 5.96. The van der Waals surface area contributed by atoms with Crippen molar-refractivity contribution in [1.82, 2.24) is 4.98 Å². The molecule has 0 aliphatic carbocycles. The number of aromatic nitrogens is 1. The summed E-state index contributed by atoms with van der Waals surface area (Å²) < 4.78 is 14.4. The summed E-state index contributed by atoms with van der Waals surface area (Å²) in [6, 6.07) is 10.7. The van der Waals surface area contributed by atoms with Crippen molar-refractivity contribution < 1.29 is 4.39 Å². The molecule has 0 saturated heterocycles. The SMILES string of the molecule is Cc1nc(NCCc2ccccc2F)ccc1Br. The number of benzene rings is 1. The maximum Gasteiger partial charge on any atom is 0.126 e. The van der Waals surface area contributed by atoms with Gasteiger partial charge in [0.25, 0.3) is 0 Å². The Morgan fingerprint density at radius 1 is 1.22 bits per heavy atom. The number of nitrogens with one attached hydrogen (secondary N) is 1. The van der Waals surface area contributed by atoms with Crippen LogP contribution in [0, 0.1) is 12.7 Å². The van der Waals surface area contributed by atoms with Crippen molar-refractivity contribution >= 4 is 21.7 Å². The molecule has 18 heavy (non-hydrogen) atoms. The first kappa shape index (κ1) is 13.0. The Bertz CT molecular complexity index is 543. The van der Waals surface area contributed by atoms with E-state index in [4.69, 9.17) is 0 Å². The Hall–Kier alpha value is -1.42. The Morgan fingerprint density at radius 3 is 2.72 bits per heavy atom. The van der Waals surface area contributed by atoms with Crippen LogP contribution in [0.3, 0.4) is 0 Å². The number of rotatable bonds is 4. The number of hydrogen-bond donors (Lipinski definition) is 1. The van der Waals surface area contributed by atoms with Crippen molar-refractivity contribution in [2.45, 2.75) is 13.3 Å². The highest BCUT2D eigenvalue weighted by molar-refractivity contribution is 9.10. The highest BCUT2D eigenvalue weighted by Crippen LogP contribution is 2.16. The van der Waals surface area contributed by atoms with Gasteiger partial charge in [0.15, 0.2) is 0 Å². The van der Waals surface area contributed by atoms with Gasteiger partial charge in [-0.3, -0.25) is 0 Å². The first-order chi connectivity index (χ1) is 8.66. The number of nitrogens with zero attached hydrogens (tertiary/aromatic N) is 1. The molecule has 1 heterocycles. The van der Waals surface area contributed by atoms with E-state index in [0.717, 1.165) is 21.5 Å². The molecule has 0 aliphatic heterocycles. The van der Waals surface area contributed by atoms with Crippen molar-refractivity contribution in [3.8, 4) is 0 Å². The summed E-state index contributed by atoms with van der Waals surface area (Å²) in [5.74, 6) is 0.659. The number of halogens is 2. The van der Waals surface area contributed by atoms with Crippen LogP contribution in [-0.2, 0) is 6.42 Å².